The lowest BCUT2D eigenvalue weighted by atomic mass is 10.00. The molecule has 2 aromatic rings. The molecule has 3 rings (SSSR count). The molecule has 0 aliphatic heterocycles. The first-order valence-electron chi connectivity index (χ1n) is 7.76. The second-order valence-corrected chi connectivity index (χ2v) is 8.78. The van der Waals surface area contributed by atoms with Gasteiger partial charge < -0.3 is 5.32 Å². The van der Waals surface area contributed by atoms with E-state index in [2.05, 4.69) is 10.0 Å². The first kappa shape index (κ1) is 19.9. The molecule has 0 fully saturated rings. The van der Waals surface area contributed by atoms with Gasteiger partial charge in [-0.25, -0.2) is 21.6 Å². The Balaban J connectivity index is 1.92. The van der Waals surface area contributed by atoms with Gasteiger partial charge in [-0.1, -0.05) is 24.3 Å². The van der Waals surface area contributed by atoms with E-state index in [-0.39, 0.29) is 10.6 Å². The van der Waals surface area contributed by atoms with E-state index in [4.69, 9.17) is 0 Å². The Hall–Kier alpha value is -1.85. The van der Waals surface area contributed by atoms with Gasteiger partial charge in [0.2, 0.25) is 15.8 Å². The van der Waals surface area contributed by atoms with Crippen molar-refractivity contribution in [1.29, 1.82) is 0 Å². The highest BCUT2D eigenvalue weighted by molar-refractivity contribution is 14.1. The minimum atomic E-state index is -4.09. The fourth-order valence-electron chi connectivity index (χ4n) is 2.54. The maximum absolute atomic E-state index is 15.5. The van der Waals surface area contributed by atoms with Crippen LogP contribution in [0.3, 0.4) is 0 Å². The van der Waals surface area contributed by atoms with Crippen LogP contribution in [0.25, 0.3) is 0 Å². The normalized spacial score (nSPS) is 22.4. The van der Waals surface area contributed by atoms with Crippen molar-refractivity contribution in [2.45, 2.75) is 16.7 Å². The summed E-state index contributed by atoms with van der Waals surface area (Å²) in [6.45, 7) is 0. The number of halogens is 4. The van der Waals surface area contributed by atoms with Gasteiger partial charge in [0.25, 0.3) is 0 Å². The first-order chi connectivity index (χ1) is 12.7. The summed E-state index contributed by atoms with van der Waals surface area (Å²) in [6.07, 6.45) is 2.55. The lowest BCUT2D eigenvalue weighted by Gasteiger charge is -2.33. The predicted molar refractivity (Wildman–Crippen MR) is 105 cm³/mol. The van der Waals surface area contributed by atoms with Crippen molar-refractivity contribution >= 4 is 38.3 Å². The van der Waals surface area contributed by atoms with Crippen molar-refractivity contribution in [2.24, 2.45) is 0 Å². The Morgan fingerprint density at radius 2 is 1.78 bits per heavy atom. The minimum absolute atomic E-state index is 0.0729. The zero-order valence-electron chi connectivity index (χ0n) is 13.7. The number of nitrogens with one attached hydrogen (secondary N) is 2. The molecule has 2 N–H and O–H groups in total. The van der Waals surface area contributed by atoms with Gasteiger partial charge in [-0.15, -0.1) is 0 Å². The van der Waals surface area contributed by atoms with Crippen LogP contribution in [0.15, 0.2) is 77.5 Å². The molecule has 1 aliphatic carbocycles. The minimum Gasteiger partial charge on any atom is -0.346 e. The van der Waals surface area contributed by atoms with Crippen LogP contribution in [0.2, 0.25) is 0 Å². The van der Waals surface area contributed by atoms with Crippen molar-refractivity contribution in [3.63, 3.8) is 0 Å². The highest BCUT2D eigenvalue weighted by Crippen LogP contribution is 2.31. The van der Waals surface area contributed by atoms with Gasteiger partial charge in [-0.2, -0.15) is 4.72 Å². The van der Waals surface area contributed by atoms with Crippen molar-refractivity contribution in [1.82, 2.24) is 4.72 Å². The molecule has 0 radical (unpaired) electrons. The van der Waals surface area contributed by atoms with Gasteiger partial charge in [0.1, 0.15) is 11.6 Å². The zero-order chi connectivity index (χ0) is 19.7. The molecule has 0 heterocycles. The molecule has 0 spiro atoms. The van der Waals surface area contributed by atoms with Gasteiger partial charge in [0.15, 0.2) is 0 Å². The molecule has 0 amide bonds. The van der Waals surface area contributed by atoms with Crippen LogP contribution < -0.4 is 10.0 Å². The third-order valence-electron chi connectivity index (χ3n) is 3.84. The summed E-state index contributed by atoms with van der Waals surface area (Å²) in [6, 6.07) is 9.88. The summed E-state index contributed by atoms with van der Waals surface area (Å²) in [5.74, 6) is -4.37. The van der Waals surface area contributed by atoms with E-state index in [9.17, 15) is 17.2 Å². The zero-order valence-corrected chi connectivity index (χ0v) is 16.6. The Labute approximate surface area is 168 Å². The van der Waals surface area contributed by atoms with Crippen molar-refractivity contribution in [3.8, 4) is 0 Å². The molecule has 27 heavy (non-hydrogen) atoms. The summed E-state index contributed by atoms with van der Waals surface area (Å²) >= 11 is 1.89. The van der Waals surface area contributed by atoms with Crippen molar-refractivity contribution < 1.29 is 21.6 Å². The first-order valence-corrected chi connectivity index (χ1v) is 10.3. The molecule has 0 bridgehead atoms. The number of hydrogen-bond donors (Lipinski definition) is 2. The largest absolute Gasteiger partial charge is 0.346 e. The van der Waals surface area contributed by atoms with Gasteiger partial charge >= 0.3 is 0 Å². The molecule has 2 atom stereocenters. The third-order valence-corrected chi connectivity index (χ3v) is 5.97. The quantitative estimate of drug-likeness (QED) is 0.471. The summed E-state index contributed by atoms with van der Waals surface area (Å²) < 4.78 is 71.1. The Morgan fingerprint density at radius 1 is 1.07 bits per heavy atom. The van der Waals surface area contributed by atoms with E-state index in [1.807, 2.05) is 22.6 Å². The smallest absolute Gasteiger partial charge is 0.241 e. The topological polar surface area (TPSA) is 58.2 Å². The van der Waals surface area contributed by atoms with Crippen molar-refractivity contribution in [2.75, 3.05) is 5.32 Å². The van der Waals surface area contributed by atoms with Gasteiger partial charge in [-0.05, 0) is 59.0 Å². The predicted octanol–water partition coefficient (Wildman–Crippen LogP) is 4.28. The molecule has 4 nitrogen and oxygen atoms in total. The molecule has 142 valence electrons. The van der Waals surface area contributed by atoms with Gasteiger partial charge in [0.05, 0.1) is 16.6 Å². The SMILES string of the molecule is O=S(=O)(NC1C=CC(F)=CC1(F)Nc1ccc(I)cc1F)c1ccccc1. The monoisotopic (exact) mass is 506 g/mol. The van der Waals surface area contributed by atoms with E-state index in [0.717, 1.165) is 12.2 Å². The summed E-state index contributed by atoms with van der Waals surface area (Å²) in [4.78, 5) is -0.0729. The second kappa shape index (κ2) is 7.64. The average molecular weight is 506 g/mol. The molecule has 2 unspecified atom stereocenters. The van der Waals surface area contributed by atoms with Crippen LogP contribution in [0.5, 0.6) is 0 Å². The summed E-state index contributed by atoms with van der Waals surface area (Å²) in [5, 5.41) is 2.27. The lowest BCUT2D eigenvalue weighted by Crippen LogP contribution is -2.53. The van der Waals surface area contributed by atoms with Crippen LogP contribution in [-0.4, -0.2) is 20.3 Å². The fourth-order valence-corrected chi connectivity index (χ4v) is 4.23. The number of rotatable bonds is 5. The van der Waals surface area contributed by atoms with Gasteiger partial charge in [0, 0.05) is 9.65 Å². The molecule has 2 aromatic carbocycles. The second-order valence-electron chi connectivity index (χ2n) is 5.82. The molecule has 0 saturated carbocycles. The average Bonchev–Trinajstić information content (AvgIpc) is 2.61. The summed E-state index contributed by atoms with van der Waals surface area (Å²) in [7, 11) is -4.09. The van der Waals surface area contributed by atoms with E-state index in [1.165, 1.54) is 42.5 Å². The van der Waals surface area contributed by atoms with Crippen LogP contribution in [0.4, 0.5) is 18.9 Å². The number of anilines is 1. The van der Waals surface area contributed by atoms with Crippen LogP contribution >= 0.6 is 22.6 Å². The molecule has 0 saturated heterocycles. The lowest BCUT2D eigenvalue weighted by molar-refractivity contribution is 0.227. The fraction of sp³-hybridized carbons (Fsp3) is 0.111. The maximum atomic E-state index is 15.5. The highest BCUT2D eigenvalue weighted by Gasteiger charge is 2.41. The standard InChI is InChI=1S/C18H14F3IN2O2S/c19-12-6-9-17(24-27(25,26)14-4-2-1-3-5-14)18(21,11-12)23-16-8-7-13(22)10-15(16)20/h1-11,17,23-24H. The van der Waals surface area contributed by atoms with E-state index >= 15 is 4.39 Å². The Morgan fingerprint density at radius 3 is 2.44 bits per heavy atom. The number of allylic oxidation sites excluding steroid dienone is 2. The Kier molecular flexibility index (Phi) is 5.63. The highest BCUT2D eigenvalue weighted by atomic mass is 127. The van der Waals surface area contributed by atoms with Crippen LogP contribution in [0.1, 0.15) is 0 Å². The van der Waals surface area contributed by atoms with E-state index < -0.39 is 33.5 Å². The molecule has 0 aromatic heterocycles. The third kappa shape index (κ3) is 4.53. The number of hydrogen-bond acceptors (Lipinski definition) is 3. The van der Waals surface area contributed by atoms with Gasteiger partial charge in [-0.3, -0.25) is 0 Å². The molecule has 1 aliphatic rings. The number of benzene rings is 2. The molecular weight excluding hydrogens is 492 g/mol. The summed E-state index contributed by atoms with van der Waals surface area (Å²) in [5.41, 5.74) is -0.221. The van der Waals surface area contributed by atoms with Crippen molar-refractivity contribution in [3.05, 3.63) is 82.0 Å². The number of alkyl halides is 1. The molecular formula is C18H14F3IN2O2S. The molecule has 9 heteroatoms. The van der Waals surface area contributed by atoms with E-state index in [0.29, 0.717) is 9.65 Å². The van der Waals surface area contributed by atoms with Crippen LogP contribution in [0, 0.1) is 9.39 Å². The van der Waals surface area contributed by atoms with Crippen LogP contribution in [-0.2, 0) is 10.0 Å². The number of sulfonamides is 1. The maximum Gasteiger partial charge on any atom is 0.241 e. The van der Waals surface area contributed by atoms with E-state index in [1.54, 1.807) is 6.07 Å². The Bertz CT molecular complexity index is 1010.